The van der Waals surface area contributed by atoms with Crippen LogP contribution in [0.2, 0.25) is 0 Å². The second-order valence-corrected chi connectivity index (χ2v) is 9.34. The number of methoxy groups -OCH3 is 2. The monoisotopic (exact) mass is 403 g/mol. The number of nitrogens with zero attached hydrogens (tertiary/aromatic N) is 1. The van der Waals surface area contributed by atoms with Crippen molar-refractivity contribution in [1.82, 2.24) is 4.31 Å². The van der Waals surface area contributed by atoms with Crippen LogP contribution in [0, 0.1) is 6.92 Å². The molecule has 2 heterocycles. The van der Waals surface area contributed by atoms with Crippen molar-refractivity contribution in [2.24, 2.45) is 0 Å². The lowest BCUT2D eigenvalue weighted by Crippen LogP contribution is -2.27. The van der Waals surface area contributed by atoms with E-state index in [4.69, 9.17) is 4.74 Å². The third kappa shape index (κ3) is 3.76. The predicted octanol–water partition coefficient (Wildman–Crippen LogP) is 2.51. The van der Waals surface area contributed by atoms with Gasteiger partial charge in [-0.25, -0.2) is 18.0 Å². The standard InChI is InChI=1S/C15H17NO6S3/c1-9-11(13(17)21-3)15(24-12(9)14(18)22-4)25(19,20)16(2)8-10-6-5-7-23-10/h5-7H,8H2,1-4H3. The number of rotatable bonds is 6. The van der Waals surface area contributed by atoms with Crippen LogP contribution in [0.25, 0.3) is 0 Å². The molecular formula is C15H17NO6S3. The molecular weight excluding hydrogens is 386 g/mol. The lowest BCUT2D eigenvalue weighted by molar-refractivity contribution is 0.0596. The third-order valence-corrected chi connectivity index (χ3v) is 7.91. The molecule has 0 aliphatic rings. The average Bonchev–Trinajstić information content (AvgIpc) is 3.21. The van der Waals surface area contributed by atoms with Crippen molar-refractivity contribution < 1.29 is 27.5 Å². The summed E-state index contributed by atoms with van der Waals surface area (Å²) in [6.45, 7) is 1.65. The maximum absolute atomic E-state index is 13.0. The average molecular weight is 404 g/mol. The molecule has 0 radical (unpaired) electrons. The summed E-state index contributed by atoms with van der Waals surface area (Å²) in [5.74, 6) is -1.51. The van der Waals surface area contributed by atoms with Crippen molar-refractivity contribution in [2.45, 2.75) is 17.7 Å². The van der Waals surface area contributed by atoms with Crippen LogP contribution in [0.15, 0.2) is 21.7 Å². The quantitative estimate of drug-likeness (QED) is 0.689. The zero-order valence-electron chi connectivity index (χ0n) is 14.1. The molecule has 0 saturated heterocycles. The van der Waals surface area contributed by atoms with Crippen molar-refractivity contribution in [2.75, 3.05) is 21.3 Å². The molecule has 0 aromatic carbocycles. The van der Waals surface area contributed by atoms with E-state index in [0.29, 0.717) is 11.3 Å². The SMILES string of the molecule is COC(=O)c1sc(S(=O)(=O)N(C)Cc2cccs2)c(C(=O)OC)c1C. The van der Waals surface area contributed by atoms with Gasteiger partial charge < -0.3 is 9.47 Å². The van der Waals surface area contributed by atoms with Crippen molar-refractivity contribution >= 4 is 44.6 Å². The fraction of sp³-hybridized carbons (Fsp3) is 0.333. The topological polar surface area (TPSA) is 90.0 Å². The van der Waals surface area contributed by atoms with Crippen LogP contribution in [0.3, 0.4) is 0 Å². The number of sulfonamides is 1. The Kier molecular flexibility index (Phi) is 5.99. The number of thiophene rings is 2. The van der Waals surface area contributed by atoms with Crippen LogP contribution in [0.5, 0.6) is 0 Å². The summed E-state index contributed by atoms with van der Waals surface area (Å²) in [5, 5.41) is 1.85. The highest BCUT2D eigenvalue weighted by Crippen LogP contribution is 2.35. The first-order valence-corrected chi connectivity index (χ1v) is 10.2. The molecule has 0 fully saturated rings. The summed E-state index contributed by atoms with van der Waals surface area (Å²) < 4.78 is 36.2. The van der Waals surface area contributed by atoms with Crippen molar-refractivity contribution in [3.05, 3.63) is 38.4 Å². The Morgan fingerprint density at radius 2 is 1.84 bits per heavy atom. The summed E-state index contributed by atoms with van der Waals surface area (Å²) in [6.07, 6.45) is 0. The Morgan fingerprint density at radius 3 is 2.36 bits per heavy atom. The molecule has 136 valence electrons. The second kappa shape index (κ2) is 7.65. The molecule has 0 aliphatic carbocycles. The van der Waals surface area contributed by atoms with Crippen molar-refractivity contribution in [3.8, 4) is 0 Å². The fourth-order valence-corrected chi connectivity index (χ4v) is 6.07. The molecule has 25 heavy (non-hydrogen) atoms. The van der Waals surface area contributed by atoms with Gasteiger partial charge in [-0.2, -0.15) is 4.31 Å². The molecule has 0 N–H and O–H groups in total. The molecule has 2 aromatic rings. The number of carbonyl (C=O) groups is 2. The summed E-state index contributed by atoms with van der Waals surface area (Å²) in [7, 11) is -0.228. The minimum atomic E-state index is -3.99. The zero-order chi connectivity index (χ0) is 18.8. The Hall–Kier alpha value is -1.75. The highest BCUT2D eigenvalue weighted by molar-refractivity contribution is 7.91. The maximum Gasteiger partial charge on any atom is 0.348 e. The first kappa shape index (κ1) is 19.6. The van der Waals surface area contributed by atoms with E-state index in [1.54, 1.807) is 0 Å². The molecule has 0 unspecified atom stereocenters. The van der Waals surface area contributed by atoms with Gasteiger partial charge in [-0.05, 0) is 23.9 Å². The summed E-state index contributed by atoms with van der Waals surface area (Å²) in [4.78, 5) is 24.9. The molecule has 2 aromatic heterocycles. The number of hydrogen-bond donors (Lipinski definition) is 0. The summed E-state index contributed by atoms with van der Waals surface area (Å²) in [5.41, 5.74) is 0.0951. The first-order valence-electron chi connectivity index (χ1n) is 7.02. The lowest BCUT2D eigenvalue weighted by atomic mass is 10.2. The Bertz CT molecular complexity index is 883. The number of carbonyl (C=O) groups excluding carboxylic acids is 2. The van der Waals surface area contributed by atoms with Gasteiger partial charge in [0.1, 0.15) is 4.88 Å². The molecule has 0 atom stereocenters. The van der Waals surface area contributed by atoms with Crippen molar-refractivity contribution in [3.63, 3.8) is 0 Å². The zero-order valence-corrected chi connectivity index (χ0v) is 16.5. The highest BCUT2D eigenvalue weighted by atomic mass is 32.2. The number of hydrogen-bond acceptors (Lipinski definition) is 8. The highest BCUT2D eigenvalue weighted by Gasteiger charge is 2.34. The van der Waals surface area contributed by atoms with Crippen LogP contribution in [-0.4, -0.2) is 45.9 Å². The third-order valence-electron chi connectivity index (χ3n) is 3.48. The lowest BCUT2D eigenvalue weighted by Gasteiger charge is -2.16. The Morgan fingerprint density at radius 1 is 1.20 bits per heavy atom. The summed E-state index contributed by atoms with van der Waals surface area (Å²) in [6, 6.07) is 3.64. The van der Waals surface area contributed by atoms with Gasteiger partial charge in [-0.15, -0.1) is 22.7 Å². The van der Waals surface area contributed by atoms with Gasteiger partial charge in [0.15, 0.2) is 4.21 Å². The van der Waals surface area contributed by atoms with E-state index in [1.807, 2.05) is 17.5 Å². The predicted molar refractivity (Wildman–Crippen MR) is 94.7 cm³/mol. The fourth-order valence-electron chi connectivity index (χ4n) is 2.14. The van der Waals surface area contributed by atoms with Crippen LogP contribution in [-0.2, 0) is 26.0 Å². The van der Waals surface area contributed by atoms with E-state index < -0.39 is 22.0 Å². The normalized spacial score (nSPS) is 11.6. The van der Waals surface area contributed by atoms with Gasteiger partial charge in [0.25, 0.3) is 10.0 Å². The molecule has 10 heteroatoms. The van der Waals surface area contributed by atoms with Gasteiger partial charge in [-0.3, -0.25) is 0 Å². The molecule has 7 nitrogen and oxygen atoms in total. The van der Waals surface area contributed by atoms with Crippen molar-refractivity contribution in [1.29, 1.82) is 0 Å². The largest absolute Gasteiger partial charge is 0.465 e. The van der Waals surface area contributed by atoms with Crippen LogP contribution < -0.4 is 0 Å². The second-order valence-electron chi connectivity index (χ2n) is 5.04. The van der Waals surface area contributed by atoms with Gasteiger partial charge in [0.05, 0.1) is 19.8 Å². The van der Waals surface area contributed by atoms with E-state index in [9.17, 15) is 18.0 Å². The van der Waals surface area contributed by atoms with E-state index in [0.717, 1.165) is 16.3 Å². The molecule has 0 saturated carbocycles. The molecule has 0 amide bonds. The van der Waals surface area contributed by atoms with Gasteiger partial charge >= 0.3 is 11.9 Å². The van der Waals surface area contributed by atoms with E-state index in [2.05, 4.69) is 4.74 Å². The molecule has 0 bridgehead atoms. The minimum absolute atomic E-state index is 0.0611. The summed E-state index contributed by atoms with van der Waals surface area (Å²) >= 11 is 2.13. The first-order chi connectivity index (χ1) is 11.7. The van der Waals surface area contributed by atoms with Crippen LogP contribution >= 0.6 is 22.7 Å². The van der Waals surface area contributed by atoms with Crippen LogP contribution in [0.1, 0.15) is 30.5 Å². The maximum atomic E-state index is 13.0. The van der Waals surface area contributed by atoms with E-state index in [-0.39, 0.29) is 26.8 Å². The smallest absolute Gasteiger partial charge is 0.348 e. The van der Waals surface area contributed by atoms with Gasteiger partial charge in [-0.1, -0.05) is 6.07 Å². The number of esters is 2. The Balaban J connectivity index is 2.55. The van der Waals surface area contributed by atoms with E-state index in [1.165, 1.54) is 32.4 Å². The molecule has 0 spiro atoms. The molecule has 2 rings (SSSR count). The Labute approximate surface area is 153 Å². The number of ether oxygens (including phenoxy) is 2. The van der Waals surface area contributed by atoms with Gasteiger partial charge in [0.2, 0.25) is 0 Å². The van der Waals surface area contributed by atoms with Gasteiger partial charge in [0, 0.05) is 18.5 Å². The minimum Gasteiger partial charge on any atom is -0.465 e. The van der Waals surface area contributed by atoms with Crippen LogP contribution in [0.4, 0.5) is 0 Å². The van der Waals surface area contributed by atoms with E-state index >= 15 is 0 Å². The molecule has 0 aliphatic heterocycles.